The van der Waals surface area contributed by atoms with Crippen LogP contribution in [0.1, 0.15) is 25.0 Å². The fraction of sp³-hybridized carbons (Fsp3) is 0.381. The number of hydrogen-bond acceptors (Lipinski definition) is 6. The molecule has 0 saturated heterocycles. The quantitative estimate of drug-likeness (QED) is 0.341. The molecule has 0 heterocycles. The van der Waals surface area contributed by atoms with Gasteiger partial charge in [-0.25, -0.2) is 9.36 Å². The molecule has 0 aliphatic carbocycles. The Morgan fingerprint density at radius 1 is 1.11 bits per heavy atom. The molecule has 2 aromatic rings. The van der Waals surface area contributed by atoms with Crippen LogP contribution in [-0.2, 0) is 25.2 Å². The van der Waals surface area contributed by atoms with E-state index in [1.807, 2.05) is 37.3 Å². The van der Waals surface area contributed by atoms with Crippen molar-refractivity contribution < 1.29 is 23.1 Å². The van der Waals surface area contributed by atoms with Crippen molar-refractivity contribution in [2.45, 2.75) is 33.4 Å². The summed E-state index contributed by atoms with van der Waals surface area (Å²) in [5.74, 6) is -0.132. The number of para-hydroxylation sites is 1. The van der Waals surface area contributed by atoms with Crippen LogP contribution in [0.25, 0.3) is 0 Å². The highest BCUT2D eigenvalue weighted by Crippen LogP contribution is 2.49. The molecule has 152 valence electrons. The Bertz CT molecular complexity index is 779. The van der Waals surface area contributed by atoms with Crippen LogP contribution in [0.15, 0.2) is 54.6 Å². The predicted molar refractivity (Wildman–Crippen MR) is 110 cm³/mol. The summed E-state index contributed by atoms with van der Waals surface area (Å²) in [7, 11) is -3.57. The second-order valence-corrected chi connectivity index (χ2v) is 8.46. The van der Waals surface area contributed by atoms with Crippen LogP contribution in [0.2, 0.25) is 0 Å². The Kier molecular flexibility index (Phi) is 8.71. The molecule has 2 aromatic carbocycles. The third kappa shape index (κ3) is 7.47. The van der Waals surface area contributed by atoms with E-state index >= 15 is 0 Å². The molecule has 0 saturated carbocycles. The van der Waals surface area contributed by atoms with E-state index in [9.17, 15) is 9.36 Å². The van der Waals surface area contributed by atoms with E-state index in [0.717, 1.165) is 5.56 Å². The lowest BCUT2D eigenvalue weighted by atomic mass is 10.1. The Balaban J connectivity index is 1.97. The Hall–Kier alpha value is -2.14. The molecule has 6 nitrogen and oxygen atoms in total. The molecule has 0 aromatic heterocycles. The Labute approximate surface area is 166 Å². The number of hydrogen-bond donors (Lipinski definition) is 1. The summed E-state index contributed by atoms with van der Waals surface area (Å²) in [6.07, 6.45) is -0.857. The van der Waals surface area contributed by atoms with Gasteiger partial charge in [-0.1, -0.05) is 48.0 Å². The molecule has 1 unspecified atom stereocenters. The third-order valence-electron chi connectivity index (χ3n) is 3.94. The van der Waals surface area contributed by atoms with Crippen LogP contribution in [-0.4, -0.2) is 31.4 Å². The highest BCUT2D eigenvalue weighted by atomic mass is 31.2. The first-order valence-electron chi connectivity index (χ1n) is 9.37. The lowest BCUT2D eigenvalue weighted by Crippen LogP contribution is -2.26. The van der Waals surface area contributed by atoms with Gasteiger partial charge < -0.3 is 14.6 Å². The second kappa shape index (κ2) is 11.0. The van der Waals surface area contributed by atoms with Gasteiger partial charge in [0.15, 0.2) is 6.10 Å². The normalized spacial score (nSPS) is 14.1. The lowest BCUT2D eigenvalue weighted by molar-refractivity contribution is -0.150. The molecule has 2 atom stereocenters. The zero-order valence-electron chi connectivity index (χ0n) is 16.6. The van der Waals surface area contributed by atoms with Crippen LogP contribution in [0.5, 0.6) is 5.75 Å². The standard InChI is InChI=1S/C21H28NO5P/c1-4-25-21(23)18(3)26-28(24,27-20-8-6-5-7-9-20)15-14-22-16-19-12-10-17(2)11-13-19/h5-13,18,22H,4,14-16H2,1-3H3/t18-,28?/m0/s1. The number of aryl methyl sites for hydroxylation is 1. The maximum atomic E-state index is 13.3. The van der Waals surface area contributed by atoms with Gasteiger partial charge in [-0.3, -0.25) is 4.52 Å². The smallest absolute Gasteiger partial charge is 0.381 e. The van der Waals surface area contributed by atoms with E-state index < -0.39 is 19.7 Å². The maximum absolute atomic E-state index is 13.3. The molecule has 1 N–H and O–H groups in total. The average molecular weight is 405 g/mol. The summed E-state index contributed by atoms with van der Waals surface area (Å²) in [5.41, 5.74) is 2.33. The first-order chi connectivity index (χ1) is 13.4. The largest absolute Gasteiger partial charge is 0.464 e. The van der Waals surface area contributed by atoms with Crippen molar-refractivity contribution in [3.63, 3.8) is 0 Å². The second-order valence-electron chi connectivity index (χ2n) is 6.40. The SMILES string of the molecule is CCOC(=O)[C@H](C)OP(=O)(CCNCc1ccc(C)cc1)Oc1ccccc1. The van der Waals surface area contributed by atoms with Gasteiger partial charge in [0, 0.05) is 13.1 Å². The number of benzene rings is 2. The van der Waals surface area contributed by atoms with E-state index in [4.69, 9.17) is 13.8 Å². The Morgan fingerprint density at radius 2 is 1.79 bits per heavy atom. The van der Waals surface area contributed by atoms with E-state index in [1.54, 1.807) is 31.2 Å². The molecule has 7 heteroatoms. The highest BCUT2D eigenvalue weighted by Gasteiger charge is 2.32. The van der Waals surface area contributed by atoms with Crippen molar-refractivity contribution in [1.29, 1.82) is 0 Å². The van der Waals surface area contributed by atoms with Gasteiger partial charge in [0.25, 0.3) is 0 Å². The molecule has 0 spiro atoms. The summed E-state index contributed by atoms with van der Waals surface area (Å²) in [4.78, 5) is 11.9. The Morgan fingerprint density at radius 3 is 2.43 bits per heavy atom. The van der Waals surface area contributed by atoms with Gasteiger partial charge in [0.2, 0.25) is 0 Å². The van der Waals surface area contributed by atoms with Crippen molar-refractivity contribution in [3.8, 4) is 5.75 Å². The fourth-order valence-electron chi connectivity index (χ4n) is 2.46. The van der Waals surface area contributed by atoms with Crippen molar-refractivity contribution in [1.82, 2.24) is 5.32 Å². The van der Waals surface area contributed by atoms with Gasteiger partial charge in [-0.05, 0) is 38.5 Å². The summed E-state index contributed by atoms with van der Waals surface area (Å²) < 4.78 is 29.4. The minimum absolute atomic E-state index is 0.123. The fourth-order valence-corrected chi connectivity index (χ4v) is 4.14. The molecule has 2 rings (SSSR count). The van der Waals surface area contributed by atoms with Crippen molar-refractivity contribution in [2.24, 2.45) is 0 Å². The lowest BCUT2D eigenvalue weighted by Gasteiger charge is -2.22. The molecule has 0 radical (unpaired) electrons. The maximum Gasteiger partial charge on any atom is 0.381 e. The van der Waals surface area contributed by atoms with Crippen molar-refractivity contribution in [3.05, 3.63) is 65.7 Å². The number of carbonyl (C=O) groups excluding carboxylic acids is 1. The van der Waals surface area contributed by atoms with Crippen LogP contribution < -0.4 is 9.84 Å². The summed E-state index contributed by atoms with van der Waals surface area (Å²) >= 11 is 0. The number of nitrogens with one attached hydrogen (secondary N) is 1. The van der Waals surface area contributed by atoms with Gasteiger partial charge in [-0.15, -0.1) is 0 Å². The first-order valence-corrected chi connectivity index (χ1v) is 11.1. The summed E-state index contributed by atoms with van der Waals surface area (Å²) in [6, 6.07) is 17.0. The van der Waals surface area contributed by atoms with E-state index in [0.29, 0.717) is 18.8 Å². The first kappa shape index (κ1) is 22.2. The minimum atomic E-state index is -3.57. The minimum Gasteiger partial charge on any atom is -0.464 e. The highest BCUT2D eigenvalue weighted by molar-refractivity contribution is 7.54. The van der Waals surface area contributed by atoms with Crippen LogP contribution in [0.4, 0.5) is 0 Å². The average Bonchev–Trinajstić information content (AvgIpc) is 2.67. The van der Waals surface area contributed by atoms with Gasteiger partial charge in [-0.2, -0.15) is 0 Å². The zero-order valence-corrected chi connectivity index (χ0v) is 17.5. The molecule has 0 fully saturated rings. The summed E-state index contributed by atoms with van der Waals surface area (Å²) in [6.45, 7) is 6.54. The molecular formula is C21H28NO5P. The number of ether oxygens (including phenoxy) is 1. The topological polar surface area (TPSA) is 73.9 Å². The molecule has 0 bridgehead atoms. The molecule has 0 aliphatic heterocycles. The van der Waals surface area contributed by atoms with Gasteiger partial charge >= 0.3 is 13.6 Å². The van der Waals surface area contributed by atoms with Crippen LogP contribution in [0.3, 0.4) is 0 Å². The molecule has 0 aliphatic rings. The number of rotatable bonds is 11. The van der Waals surface area contributed by atoms with E-state index in [1.165, 1.54) is 12.5 Å². The van der Waals surface area contributed by atoms with Gasteiger partial charge in [0.1, 0.15) is 5.75 Å². The van der Waals surface area contributed by atoms with Crippen LogP contribution in [0, 0.1) is 6.92 Å². The van der Waals surface area contributed by atoms with Crippen molar-refractivity contribution in [2.75, 3.05) is 19.3 Å². The predicted octanol–water partition coefficient (Wildman–Crippen LogP) is 4.32. The summed E-state index contributed by atoms with van der Waals surface area (Å²) in [5, 5.41) is 3.24. The zero-order chi connectivity index (χ0) is 20.4. The number of carbonyl (C=O) groups is 1. The van der Waals surface area contributed by atoms with Gasteiger partial charge in [0.05, 0.1) is 12.8 Å². The molecule has 0 amide bonds. The molecular weight excluding hydrogens is 377 g/mol. The monoisotopic (exact) mass is 405 g/mol. The van der Waals surface area contributed by atoms with Crippen molar-refractivity contribution >= 4 is 13.6 Å². The third-order valence-corrected chi connectivity index (χ3v) is 5.83. The van der Waals surface area contributed by atoms with E-state index in [-0.39, 0.29) is 12.8 Å². The number of esters is 1. The molecule has 28 heavy (non-hydrogen) atoms. The van der Waals surface area contributed by atoms with E-state index in [2.05, 4.69) is 5.32 Å². The van der Waals surface area contributed by atoms with Crippen LogP contribution >= 0.6 is 7.60 Å².